The third-order valence-electron chi connectivity index (χ3n) is 5.49. The second kappa shape index (κ2) is 7.96. The van der Waals surface area contributed by atoms with Crippen molar-refractivity contribution in [3.05, 3.63) is 45.6 Å². The van der Waals surface area contributed by atoms with Crippen molar-refractivity contribution in [3.63, 3.8) is 0 Å². The van der Waals surface area contributed by atoms with Crippen LogP contribution in [0.1, 0.15) is 46.7 Å². The smallest absolute Gasteiger partial charge is 0.214 e. The fraction of sp³-hybridized carbons (Fsp3) is 0.381. The zero-order valence-electron chi connectivity index (χ0n) is 17.1. The maximum absolute atomic E-state index is 6.38. The number of nitrogens with two attached hydrogens (primary N) is 1. The highest BCUT2D eigenvalue weighted by Gasteiger charge is 2.20. The predicted molar refractivity (Wildman–Crippen MR) is 121 cm³/mol. The highest BCUT2D eigenvalue weighted by molar-refractivity contribution is 7.98. The van der Waals surface area contributed by atoms with E-state index in [9.17, 15) is 0 Å². The zero-order chi connectivity index (χ0) is 20.7. The van der Waals surface area contributed by atoms with Crippen molar-refractivity contribution in [2.45, 2.75) is 56.9 Å². The lowest BCUT2D eigenvalue weighted by Crippen LogP contribution is -2.03. The number of tetrazole rings is 1. The summed E-state index contributed by atoms with van der Waals surface area (Å²) in [6, 6.07) is 6.24. The van der Waals surface area contributed by atoms with Crippen molar-refractivity contribution in [2.75, 3.05) is 5.73 Å². The molecule has 0 aliphatic heterocycles. The minimum absolute atomic E-state index is 0.563. The summed E-state index contributed by atoms with van der Waals surface area (Å²) in [6.07, 6.45) is 5.97. The van der Waals surface area contributed by atoms with E-state index in [1.165, 1.54) is 47.0 Å². The number of rotatable bonds is 4. The average Bonchev–Trinajstić information content (AvgIpc) is 3.24. The second-order valence-corrected chi connectivity index (χ2v) is 9.75. The van der Waals surface area contributed by atoms with Crippen LogP contribution in [0.2, 0.25) is 0 Å². The van der Waals surface area contributed by atoms with Gasteiger partial charge in [-0.05, 0) is 67.2 Å². The minimum Gasteiger partial charge on any atom is -0.383 e. The van der Waals surface area contributed by atoms with E-state index < -0.39 is 0 Å². The lowest BCUT2D eigenvalue weighted by molar-refractivity contribution is 0.713. The Kier molecular flexibility index (Phi) is 5.16. The molecule has 0 unspecified atom stereocenters. The molecule has 0 amide bonds. The number of fused-ring (bicyclic) bond motifs is 3. The highest BCUT2D eigenvalue weighted by atomic mass is 32.2. The summed E-state index contributed by atoms with van der Waals surface area (Å²) in [5.41, 5.74) is 11.1. The third-order valence-corrected chi connectivity index (χ3v) is 7.59. The Morgan fingerprint density at radius 2 is 2.00 bits per heavy atom. The number of thioether (sulfide) groups is 1. The molecule has 0 radical (unpaired) electrons. The number of benzene rings is 1. The first-order chi connectivity index (χ1) is 14.6. The van der Waals surface area contributed by atoms with Gasteiger partial charge in [-0.1, -0.05) is 35.9 Å². The molecule has 3 aromatic heterocycles. The number of aryl methyl sites for hydroxylation is 4. The molecule has 0 saturated heterocycles. The highest BCUT2D eigenvalue weighted by Crippen LogP contribution is 2.37. The van der Waals surface area contributed by atoms with Crippen molar-refractivity contribution >= 4 is 39.1 Å². The maximum atomic E-state index is 6.38. The Morgan fingerprint density at radius 3 is 2.87 bits per heavy atom. The predicted octanol–water partition coefficient (Wildman–Crippen LogP) is 4.43. The molecule has 1 aliphatic rings. The Labute approximate surface area is 183 Å². The van der Waals surface area contributed by atoms with Gasteiger partial charge >= 0.3 is 0 Å². The van der Waals surface area contributed by atoms with E-state index in [2.05, 4.69) is 46.5 Å². The average molecular weight is 438 g/mol. The molecular formula is C21H23N7S2. The van der Waals surface area contributed by atoms with Crippen LogP contribution in [0, 0.1) is 13.8 Å². The fourth-order valence-corrected chi connectivity index (χ4v) is 6.09. The largest absolute Gasteiger partial charge is 0.383 e. The molecular weight excluding hydrogens is 414 g/mol. The molecule has 3 heterocycles. The topological polar surface area (TPSA) is 95.4 Å². The molecule has 154 valence electrons. The number of anilines is 1. The van der Waals surface area contributed by atoms with E-state index >= 15 is 0 Å². The van der Waals surface area contributed by atoms with Gasteiger partial charge in [-0.25, -0.2) is 9.97 Å². The van der Waals surface area contributed by atoms with Crippen molar-refractivity contribution in [2.24, 2.45) is 0 Å². The molecule has 5 rings (SSSR count). The van der Waals surface area contributed by atoms with Crippen LogP contribution >= 0.6 is 23.1 Å². The summed E-state index contributed by atoms with van der Waals surface area (Å²) in [5.74, 6) is 1.88. The number of aromatic nitrogens is 6. The van der Waals surface area contributed by atoms with Crippen LogP contribution in [0.25, 0.3) is 15.9 Å². The Hall–Kier alpha value is -2.52. The fourth-order valence-electron chi connectivity index (χ4n) is 4.07. The first-order valence-electron chi connectivity index (χ1n) is 10.2. The number of thiophene rings is 1. The minimum atomic E-state index is 0.563. The summed E-state index contributed by atoms with van der Waals surface area (Å²) < 4.78 is 1.77. The number of hydrogen-bond donors (Lipinski definition) is 1. The first kappa shape index (κ1) is 19.4. The lowest BCUT2D eigenvalue weighted by atomic mass is 10.1. The Morgan fingerprint density at radius 1 is 1.13 bits per heavy atom. The van der Waals surface area contributed by atoms with Gasteiger partial charge in [0.15, 0.2) is 0 Å². The summed E-state index contributed by atoms with van der Waals surface area (Å²) in [5, 5.41) is 14.0. The van der Waals surface area contributed by atoms with Gasteiger partial charge in [-0.3, -0.25) is 0 Å². The van der Waals surface area contributed by atoms with Crippen LogP contribution in [0.5, 0.6) is 0 Å². The summed E-state index contributed by atoms with van der Waals surface area (Å²) >= 11 is 3.30. The van der Waals surface area contributed by atoms with Crippen LogP contribution in [-0.4, -0.2) is 30.2 Å². The molecule has 0 atom stereocenters. The van der Waals surface area contributed by atoms with Gasteiger partial charge in [0.1, 0.15) is 16.5 Å². The SMILES string of the molecule is Cc1ccc(-n2nnnc2SCc2nc(N)c3c4c(sc3n2)CCCCC4)c(C)c1. The summed E-state index contributed by atoms with van der Waals surface area (Å²) in [7, 11) is 0. The zero-order valence-corrected chi connectivity index (χ0v) is 18.7. The molecule has 7 nitrogen and oxygen atoms in total. The normalized spacial score (nSPS) is 14.1. The maximum Gasteiger partial charge on any atom is 0.214 e. The van der Waals surface area contributed by atoms with Gasteiger partial charge < -0.3 is 5.73 Å². The van der Waals surface area contributed by atoms with Crippen molar-refractivity contribution in [1.29, 1.82) is 0 Å². The molecule has 9 heteroatoms. The molecule has 0 fully saturated rings. The molecule has 0 saturated carbocycles. The first-order valence-corrected chi connectivity index (χ1v) is 12.0. The molecule has 4 aromatic rings. The quantitative estimate of drug-likeness (QED) is 0.373. The van der Waals surface area contributed by atoms with E-state index in [4.69, 9.17) is 10.7 Å². The van der Waals surface area contributed by atoms with Crippen LogP contribution in [-0.2, 0) is 18.6 Å². The van der Waals surface area contributed by atoms with Gasteiger partial charge in [0.05, 0.1) is 16.8 Å². The number of nitrogens with zero attached hydrogens (tertiary/aromatic N) is 6. The van der Waals surface area contributed by atoms with Crippen LogP contribution < -0.4 is 5.73 Å². The standard InChI is InChI=1S/C21H23N7S2/c1-12-8-9-15(13(2)10-12)28-21(25-26-27-28)29-11-17-23-19(22)18-14-6-4-3-5-7-16(14)30-20(18)24-17/h8-10H,3-7,11H2,1-2H3,(H2,22,23,24). The monoisotopic (exact) mass is 437 g/mol. The van der Waals surface area contributed by atoms with Gasteiger partial charge in [0.2, 0.25) is 5.16 Å². The summed E-state index contributed by atoms with van der Waals surface area (Å²) in [4.78, 5) is 11.9. The van der Waals surface area contributed by atoms with Gasteiger partial charge in [0.25, 0.3) is 0 Å². The molecule has 0 bridgehead atoms. The number of hydrogen-bond acceptors (Lipinski definition) is 8. The van der Waals surface area contributed by atoms with E-state index in [1.54, 1.807) is 16.0 Å². The van der Waals surface area contributed by atoms with Crippen molar-refractivity contribution < 1.29 is 0 Å². The van der Waals surface area contributed by atoms with Gasteiger partial charge in [-0.15, -0.1) is 16.4 Å². The van der Waals surface area contributed by atoms with Crippen molar-refractivity contribution in [1.82, 2.24) is 30.2 Å². The van der Waals surface area contributed by atoms with E-state index in [0.29, 0.717) is 16.7 Å². The number of nitrogen functional groups attached to an aromatic ring is 1. The van der Waals surface area contributed by atoms with Gasteiger partial charge in [-0.2, -0.15) is 4.68 Å². The van der Waals surface area contributed by atoms with Crippen LogP contribution in [0.15, 0.2) is 23.4 Å². The van der Waals surface area contributed by atoms with E-state index in [1.807, 2.05) is 6.07 Å². The third kappa shape index (κ3) is 3.56. The summed E-state index contributed by atoms with van der Waals surface area (Å²) in [6.45, 7) is 4.14. The molecule has 30 heavy (non-hydrogen) atoms. The van der Waals surface area contributed by atoms with Gasteiger partial charge in [0, 0.05) is 4.88 Å². The molecule has 1 aromatic carbocycles. The van der Waals surface area contributed by atoms with Crippen LogP contribution in [0.3, 0.4) is 0 Å². The Bertz CT molecular complexity index is 1230. The molecule has 0 spiro atoms. The van der Waals surface area contributed by atoms with Crippen LogP contribution in [0.4, 0.5) is 5.82 Å². The Balaban J connectivity index is 1.42. The second-order valence-electron chi connectivity index (χ2n) is 7.72. The van der Waals surface area contributed by atoms with E-state index in [-0.39, 0.29) is 0 Å². The van der Waals surface area contributed by atoms with E-state index in [0.717, 1.165) is 40.1 Å². The molecule has 2 N–H and O–H groups in total. The lowest BCUT2D eigenvalue weighted by Gasteiger charge is -2.08. The molecule has 1 aliphatic carbocycles. The van der Waals surface area contributed by atoms with Crippen molar-refractivity contribution in [3.8, 4) is 5.69 Å².